The lowest BCUT2D eigenvalue weighted by Crippen LogP contribution is -2.41. The first-order valence-corrected chi connectivity index (χ1v) is 11.3. The average Bonchev–Trinajstić information content (AvgIpc) is 3.23. The van der Waals surface area contributed by atoms with E-state index in [0.717, 1.165) is 4.31 Å². The molecule has 0 bridgehead atoms. The molecule has 1 N–H and O–H groups in total. The number of carbonyl (C=O) groups excluding carboxylic acids is 1. The molecule has 0 spiro atoms. The number of rotatable bonds is 9. The van der Waals surface area contributed by atoms with E-state index in [4.69, 9.17) is 23.2 Å². The molecule has 0 aliphatic heterocycles. The van der Waals surface area contributed by atoms with Crippen molar-refractivity contribution in [3.8, 4) is 0 Å². The van der Waals surface area contributed by atoms with Gasteiger partial charge in [0.05, 0.1) is 16.9 Å². The van der Waals surface area contributed by atoms with E-state index in [9.17, 15) is 13.2 Å². The highest BCUT2D eigenvalue weighted by Crippen LogP contribution is 2.29. The van der Waals surface area contributed by atoms with Gasteiger partial charge in [0, 0.05) is 35.5 Å². The minimum atomic E-state index is -4.01. The van der Waals surface area contributed by atoms with Gasteiger partial charge in [0.15, 0.2) is 0 Å². The van der Waals surface area contributed by atoms with Crippen molar-refractivity contribution in [2.45, 2.75) is 17.9 Å². The summed E-state index contributed by atoms with van der Waals surface area (Å²) in [5.41, 5.74) is 0.213. The van der Waals surface area contributed by atoms with Gasteiger partial charge < -0.3 is 9.88 Å². The Bertz CT molecular complexity index is 1070. The number of sulfonamides is 1. The summed E-state index contributed by atoms with van der Waals surface area (Å²) in [6.07, 6.45) is 5.88. The molecule has 10 heteroatoms. The van der Waals surface area contributed by atoms with Crippen molar-refractivity contribution >= 4 is 44.8 Å². The molecule has 3 rings (SSSR count). The van der Waals surface area contributed by atoms with Crippen LogP contribution in [0.25, 0.3) is 0 Å². The number of aromatic nitrogens is 2. The molecule has 0 radical (unpaired) electrons. The van der Waals surface area contributed by atoms with Gasteiger partial charge in [-0.05, 0) is 36.8 Å². The molecule has 0 aliphatic carbocycles. The molecule has 1 heterocycles. The van der Waals surface area contributed by atoms with Crippen molar-refractivity contribution in [1.82, 2.24) is 14.9 Å². The van der Waals surface area contributed by atoms with Crippen molar-refractivity contribution in [3.05, 3.63) is 77.3 Å². The minimum Gasteiger partial charge on any atom is -0.354 e. The molecule has 1 aromatic heterocycles. The largest absolute Gasteiger partial charge is 0.354 e. The van der Waals surface area contributed by atoms with E-state index < -0.39 is 22.5 Å². The molecule has 0 atom stereocenters. The number of aryl methyl sites for hydroxylation is 1. The number of halogens is 2. The number of carbonyl (C=O) groups is 1. The normalized spacial score (nSPS) is 11.3. The monoisotopic (exact) mass is 466 g/mol. The molecular weight excluding hydrogens is 447 g/mol. The van der Waals surface area contributed by atoms with Crippen LogP contribution in [0.2, 0.25) is 10.0 Å². The van der Waals surface area contributed by atoms with Crippen molar-refractivity contribution in [1.29, 1.82) is 0 Å². The van der Waals surface area contributed by atoms with Gasteiger partial charge in [-0.2, -0.15) is 0 Å². The summed E-state index contributed by atoms with van der Waals surface area (Å²) < 4.78 is 29.4. The summed E-state index contributed by atoms with van der Waals surface area (Å²) in [5.74, 6) is -0.434. The molecule has 0 saturated heterocycles. The van der Waals surface area contributed by atoms with Crippen LogP contribution >= 0.6 is 23.2 Å². The molecule has 0 unspecified atom stereocenters. The van der Waals surface area contributed by atoms with Gasteiger partial charge in [-0.1, -0.05) is 41.4 Å². The highest BCUT2D eigenvalue weighted by Gasteiger charge is 2.27. The minimum absolute atomic E-state index is 0.0639. The predicted octanol–water partition coefficient (Wildman–Crippen LogP) is 3.59. The Balaban J connectivity index is 1.76. The zero-order valence-electron chi connectivity index (χ0n) is 15.9. The first kappa shape index (κ1) is 22.1. The number of nitrogens with one attached hydrogen (secondary N) is 1. The van der Waals surface area contributed by atoms with E-state index in [0.29, 0.717) is 19.5 Å². The third kappa shape index (κ3) is 5.75. The number of amides is 1. The SMILES string of the molecule is O=C(CN(c1cc(Cl)cc(Cl)c1)S(=O)(=O)c1ccccc1)NCCCn1ccnc1. The van der Waals surface area contributed by atoms with E-state index in [1.165, 1.54) is 30.3 Å². The molecule has 0 fully saturated rings. The van der Waals surface area contributed by atoms with Crippen LogP contribution in [-0.4, -0.2) is 37.0 Å². The van der Waals surface area contributed by atoms with Gasteiger partial charge in [-0.15, -0.1) is 0 Å². The fraction of sp³-hybridized carbons (Fsp3) is 0.200. The predicted molar refractivity (Wildman–Crippen MR) is 117 cm³/mol. The lowest BCUT2D eigenvalue weighted by molar-refractivity contribution is -0.119. The molecule has 7 nitrogen and oxygen atoms in total. The number of imidazole rings is 1. The van der Waals surface area contributed by atoms with Crippen molar-refractivity contribution in [2.24, 2.45) is 0 Å². The molecule has 2 aromatic carbocycles. The van der Waals surface area contributed by atoms with Gasteiger partial charge >= 0.3 is 0 Å². The Labute approximate surface area is 185 Å². The summed E-state index contributed by atoms with van der Waals surface area (Å²) in [7, 11) is -4.01. The Morgan fingerprint density at radius 1 is 1.10 bits per heavy atom. The maximum atomic E-state index is 13.2. The molecular formula is C20H20Cl2N4O3S. The van der Waals surface area contributed by atoms with Crippen LogP contribution in [-0.2, 0) is 21.4 Å². The van der Waals surface area contributed by atoms with E-state index >= 15 is 0 Å². The second-order valence-corrected chi connectivity index (χ2v) is 9.19. The fourth-order valence-corrected chi connectivity index (χ4v) is 4.75. The topological polar surface area (TPSA) is 84.3 Å². The molecule has 0 aliphatic rings. The summed E-state index contributed by atoms with van der Waals surface area (Å²) in [4.78, 5) is 16.6. The Morgan fingerprint density at radius 3 is 2.43 bits per heavy atom. The Morgan fingerprint density at radius 2 is 1.80 bits per heavy atom. The molecule has 3 aromatic rings. The van der Waals surface area contributed by atoms with Crippen LogP contribution in [0.1, 0.15) is 6.42 Å². The smallest absolute Gasteiger partial charge is 0.264 e. The van der Waals surface area contributed by atoms with Crippen LogP contribution in [0.4, 0.5) is 5.69 Å². The van der Waals surface area contributed by atoms with Gasteiger partial charge in [-0.25, -0.2) is 13.4 Å². The van der Waals surface area contributed by atoms with Crippen LogP contribution in [0.5, 0.6) is 0 Å². The zero-order valence-corrected chi connectivity index (χ0v) is 18.2. The molecule has 30 heavy (non-hydrogen) atoms. The summed E-state index contributed by atoms with van der Waals surface area (Å²) >= 11 is 12.1. The molecule has 158 valence electrons. The maximum Gasteiger partial charge on any atom is 0.264 e. The Hall–Kier alpha value is -2.55. The third-order valence-corrected chi connectivity index (χ3v) is 6.45. The van der Waals surface area contributed by atoms with Gasteiger partial charge in [0.25, 0.3) is 10.0 Å². The van der Waals surface area contributed by atoms with Crippen LogP contribution in [0.3, 0.4) is 0 Å². The van der Waals surface area contributed by atoms with Crippen molar-refractivity contribution in [3.63, 3.8) is 0 Å². The number of nitrogens with zero attached hydrogens (tertiary/aromatic N) is 3. The standard InChI is InChI=1S/C20H20Cl2N4O3S/c21-16-11-17(22)13-18(12-16)26(30(28,29)19-5-2-1-3-6-19)14-20(27)24-7-4-9-25-10-8-23-15-25/h1-3,5-6,8,10-13,15H,4,7,9,14H2,(H,24,27). The van der Waals surface area contributed by atoms with Gasteiger partial charge in [0.2, 0.25) is 5.91 Å². The van der Waals surface area contributed by atoms with E-state index in [-0.39, 0.29) is 20.6 Å². The Kier molecular flexibility index (Phi) is 7.36. The van der Waals surface area contributed by atoms with Crippen molar-refractivity contribution in [2.75, 3.05) is 17.4 Å². The summed E-state index contributed by atoms with van der Waals surface area (Å²) in [6, 6.07) is 12.3. The first-order valence-electron chi connectivity index (χ1n) is 9.12. The van der Waals surface area contributed by atoms with Crippen molar-refractivity contribution < 1.29 is 13.2 Å². The fourth-order valence-electron chi connectivity index (χ4n) is 2.81. The third-order valence-electron chi connectivity index (χ3n) is 4.23. The number of anilines is 1. The maximum absolute atomic E-state index is 13.2. The molecule has 1 amide bonds. The van der Waals surface area contributed by atoms with Crippen LogP contribution < -0.4 is 9.62 Å². The highest BCUT2D eigenvalue weighted by molar-refractivity contribution is 7.92. The highest BCUT2D eigenvalue weighted by atomic mass is 35.5. The quantitative estimate of drug-likeness (QED) is 0.488. The first-order chi connectivity index (χ1) is 14.4. The van der Waals surface area contributed by atoms with E-state index in [2.05, 4.69) is 10.3 Å². The average molecular weight is 467 g/mol. The number of hydrogen-bond acceptors (Lipinski definition) is 4. The second-order valence-electron chi connectivity index (χ2n) is 6.46. The van der Waals surface area contributed by atoms with Gasteiger partial charge in [0.1, 0.15) is 6.54 Å². The second kappa shape index (κ2) is 9.97. The molecule has 0 saturated carbocycles. The van der Waals surface area contributed by atoms with E-state index in [1.807, 2.05) is 10.8 Å². The van der Waals surface area contributed by atoms with Crippen LogP contribution in [0.15, 0.2) is 72.1 Å². The number of benzene rings is 2. The zero-order chi connectivity index (χ0) is 21.6. The summed E-state index contributed by atoms with van der Waals surface area (Å²) in [6.45, 7) is 0.682. The number of hydrogen-bond donors (Lipinski definition) is 1. The van der Waals surface area contributed by atoms with E-state index in [1.54, 1.807) is 30.7 Å². The summed E-state index contributed by atoms with van der Waals surface area (Å²) in [5, 5.41) is 3.29. The van der Waals surface area contributed by atoms with Crippen LogP contribution in [0, 0.1) is 0 Å². The van der Waals surface area contributed by atoms with Gasteiger partial charge in [-0.3, -0.25) is 9.10 Å². The lowest BCUT2D eigenvalue weighted by atomic mass is 10.3. The lowest BCUT2D eigenvalue weighted by Gasteiger charge is -2.24.